The molecule has 0 saturated carbocycles. The molecule has 36 heavy (non-hydrogen) atoms. The molecule has 10 heteroatoms. The molecule has 0 unspecified atom stereocenters. The van der Waals surface area contributed by atoms with Crippen molar-refractivity contribution in [3.63, 3.8) is 0 Å². The lowest BCUT2D eigenvalue weighted by molar-refractivity contribution is 0.554. The Morgan fingerprint density at radius 2 is 1.03 bits per heavy atom. The van der Waals surface area contributed by atoms with E-state index < -0.39 is 0 Å². The number of aliphatic imine (C=N–C) groups is 2. The van der Waals surface area contributed by atoms with E-state index in [2.05, 4.69) is 41.2 Å². The Bertz CT molecular complexity index is 896. The quantitative estimate of drug-likeness (QED) is 0.0923. The molecule has 0 radical (unpaired) electrons. The number of aromatic nitrogens is 2. The Hall–Kier alpha value is -4.18. The lowest BCUT2D eigenvalue weighted by Gasteiger charge is -2.07. The zero-order valence-electron chi connectivity index (χ0n) is 20.8. The first kappa shape index (κ1) is 28.1. The van der Waals surface area contributed by atoms with Gasteiger partial charge in [0.2, 0.25) is 11.9 Å². The summed E-state index contributed by atoms with van der Waals surface area (Å²) >= 11 is 0. The van der Waals surface area contributed by atoms with Crippen LogP contribution in [0.15, 0.2) is 59.0 Å². The van der Waals surface area contributed by atoms with E-state index in [-0.39, 0.29) is 0 Å². The van der Waals surface area contributed by atoms with Gasteiger partial charge in [0.25, 0.3) is 0 Å². The van der Waals surface area contributed by atoms with E-state index in [4.69, 9.17) is 10.5 Å². The summed E-state index contributed by atoms with van der Waals surface area (Å²) in [7, 11) is 0. The number of unbranched alkanes of at least 4 members (excludes halogenated alkanes) is 9. The first-order valence-electron chi connectivity index (χ1n) is 12.5. The van der Waals surface area contributed by atoms with E-state index in [1.807, 2.05) is 36.7 Å². The minimum Gasteiger partial charge on any atom is -0.324 e. The Labute approximate surface area is 214 Å². The summed E-state index contributed by atoms with van der Waals surface area (Å²) in [6.07, 6.45) is 22.3. The molecule has 0 spiro atoms. The molecule has 190 valence electrons. The van der Waals surface area contributed by atoms with Gasteiger partial charge in [0, 0.05) is 25.5 Å². The monoisotopic (exact) mass is 488 g/mol. The third kappa shape index (κ3) is 13.5. The summed E-state index contributed by atoms with van der Waals surface area (Å²) in [5, 5.41) is 29.1. The number of nitriles is 2. The van der Waals surface area contributed by atoms with Gasteiger partial charge in [0.15, 0.2) is 12.4 Å². The number of nitrogens with one attached hydrogen (secondary N) is 4. The van der Waals surface area contributed by atoms with Crippen LogP contribution in [0, 0.1) is 22.9 Å². The van der Waals surface area contributed by atoms with Crippen LogP contribution < -0.4 is 21.3 Å². The highest BCUT2D eigenvalue weighted by Gasteiger charge is 2.00. The Morgan fingerprint density at radius 1 is 0.639 bits per heavy atom. The first-order chi connectivity index (χ1) is 17.8. The highest BCUT2D eigenvalue weighted by Crippen LogP contribution is 2.11. The number of anilines is 2. The topological polar surface area (TPSA) is 146 Å². The standard InChI is InChI=1S/C26H36N10/c27-21-33-25(35-23-13-11-15-29-19-23)31-17-9-7-5-3-1-2-4-6-8-10-18-32-26(34-22-28)36-24-14-12-16-30-20-24/h11-16,19-20H,1-10,17-18H2,(H2,31,33,35)(H2,32,34,36). The van der Waals surface area contributed by atoms with E-state index in [0.29, 0.717) is 25.0 Å². The minimum absolute atomic E-state index is 0.457. The molecule has 4 N–H and O–H groups in total. The molecule has 2 rings (SSSR count). The van der Waals surface area contributed by atoms with Gasteiger partial charge in [-0.15, -0.1) is 0 Å². The SMILES string of the molecule is N#CNC(=NCCCCCCCCCCCCN=C(NC#N)Nc1cccnc1)Nc1cccnc1. The number of guanidine groups is 2. The maximum Gasteiger partial charge on any atom is 0.209 e. The van der Waals surface area contributed by atoms with E-state index >= 15 is 0 Å². The lowest BCUT2D eigenvalue weighted by Crippen LogP contribution is -2.27. The van der Waals surface area contributed by atoms with E-state index in [9.17, 15) is 0 Å². The molecule has 0 atom stereocenters. The van der Waals surface area contributed by atoms with Crippen molar-refractivity contribution in [1.82, 2.24) is 20.6 Å². The van der Waals surface area contributed by atoms with Crippen molar-refractivity contribution < 1.29 is 0 Å². The lowest BCUT2D eigenvalue weighted by atomic mass is 10.1. The van der Waals surface area contributed by atoms with Crippen LogP contribution >= 0.6 is 0 Å². The van der Waals surface area contributed by atoms with Gasteiger partial charge in [-0.25, -0.2) is 0 Å². The van der Waals surface area contributed by atoms with Gasteiger partial charge in [0.05, 0.1) is 23.8 Å². The molecule has 0 fully saturated rings. The van der Waals surface area contributed by atoms with Gasteiger partial charge in [-0.05, 0) is 37.1 Å². The van der Waals surface area contributed by atoms with Crippen molar-refractivity contribution >= 4 is 23.3 Å². The summed E-state index contributed by atoms with van der Waals surface area (Å²) < 4.78 is 0. The number of pyridine rings is 2. The fraction of sp³-hybridized carbons (Fsp3) is 0.462. The highest BCUT2D eigenvalue weighted by atomic mass is 15.2. The molecule has 0 aliphatic carbocycles. The van der Waals surface area contributed by atoms with Crippen molar-refractivity contribution in [3.8, 4) is 12.4 Å². The van der Waals surface area contributed by atoms with Crippen molar-refractivity contribution in [1.29, 1.82) is 10.5 Å². The second-order valence-corrected chi connectivity index (χ2v) is 8.20. The van der Waals surface area contributed by atoms with Crippen LogP contribution in [0.4, 0.5) is 11.4 Å². The summed E-state index contributed by atoms with van der Waals surface area (Å²) in [5.41, 5.74) is 1.59. The molecule has 2 aromatic rings. The summed E-state index contributed by atoms with van der Waals surface area (Å²) in [5.74, 6) is 0.914. The summed E-state index contributed by atoms with van der Waals surface area (Å²) in [4.78, 5) is 17.0. The predicted molar refractivity (Wildman–Crippen MR) is 144 cm³/mol. The molecule has 0 aromatic carbocycles. The van der Waals surface area contributed by atoms with Crippen molar-refractivity contribution in [2.75, 3.05) is 23.7 Å². The summed E-state index contributed by atoms with van der Waals surface area (Å²) in [6, 6.07) is 7.41. The normalized spacial score (nSPS) is 11.3. The van der Waals surface area contributed by atoms with Gasteiger partial charge in [-0.2, -0.15) is 10.5 Å². The predicted octanol–water partition coefficient (Wildman–Crippen LogP) is 4.75. The number of hydrogen-bond acceptors (Lipinski definition) is 6. The Balaban J connectivity index is 1.45. The minimum atomic E-state index is 0.457. The molecule has 0 aliphatic heterocycles. The maximum atomic E-state index is 8.89. The van der Waals surface area contributed by atoms with Crippen molar-refractivity contribution in [3.05, 3.63) is 49.1 Å². The van der Waals surface area contributed by atoms with E-state index in [0.717, 1.165) is 37.1 Å². The fourth-order valence-electron chi connectivity index (χ4n) is 3.49. The van der Waals surface area contributed by atoms with Crippen LogP contribution in [-0.2, 0) is 0 Å². The average molecular weight is 489 g/mol. The maximum absolute atomic E-state index is 8.89. The smallest absolute Gasteiger partial charge is 0.209 e. The second-order valence-electron chi connectivity index (χ2n) is 8.20. The van der Waals surface area contributed by atoms with Crippen LogP contribution in [0.2, 0.25) is 0 Å². The zero-order chi connectivity index (χ0) is 25.5. The van der Waals surface area contributed by atoms with E-state index in [1.165, 1.54) is 38.5 Å². The second kappa shape index (κ2) is 19.2. The Kier molecular flexibility index (Phi) is 14.9. The molecule has 0 saturated heterocycles. The third-order valence-corrected chi connectivity index (χ3v) is 5.30. The number of rotatable bonds is 15. The largest absolute Gasteiger partial charge is 0.324 e. The molecule has 0 aliphatic rings. The van der Waals surface area contributed by atoms with Crippen LogP contribution in [0.3, 0.4) is 0 Å². The van der Waals surface area contributed by atoms with Gasteiger partial charge in [-0.1, -0.05) is 51.4 Å². The van der Waals surface area contributed by atoms with Gasteiger partial charge in [-0.3, -0.25) is 30.6 Å². The molecule has 2 heterocycles. The van der Waals surface area contributed by atoms with Crippen LogP contribution in [-0.4, -0.2) is 35.0 Å². The molecular weight excluding hydrogens is 452 g/mol. The highest BCUT2D eigenvalue weighted by molar-refractivity contribution is 5.94. The first-order valence-corrected chi connectivity index (χ1v) is 12.5. The van der Waals surface area contributed by atoms with Crippen LogP contribution in [0.25, 0.3) is 0 Å². The molecule has 0 amide bonds. The third-order valence-electron chi connectivity index (χ3n) is 5.30. The zero-order valence-corrected chi connectivity index (χ0v) is 20.8. The van der Waals surface area contributed by atoms with Crippen molar-refractivity contribution in [2.45, 2.75) is 64.2 Å². The van der Waals surface area contributed by atoms with Gasteiger partial charge >= 0.3 is 0 Å². The average Bonchev–Trinajstić information content (AvgIpc) is 2.90. The van der Waals surface area contributed by atoms with Crippen molar-refractivity contribution in [2.24, 2.45) is 9.98 Å². The number of hydrogen-bond donors (Lipinski definition) is 4. The molecule has 0 bridgehead atoms. The molecule has 10 nitrogen and oxygen atoms in total. The summed E-state index contributed by atoms with van der Waals surface area (Å²) in [6.45, 7) is 1.37. The van der Waals surface area contributed by atoms with Crippen LogP contribution in [0.5, 0.6) is 0 Å². The van der Waals surface area contributed by atoms with Gasteiger partial charge in [0.1, 0.15) is 0 Å². The Morgan fingerprint density at radius 3 is 1.36 bits per heavy atom. The van der Waals surface area contributed by atoms with E-state index in [1.54, 1.807) is 24.8 Å². The van der Waals surface area contributed by atoms with Crippen LogP contribution in [0.1, 0.15) is 64.2 Å². The fourth-order valence-corrected chi connectivity index (χ4v) is 3.49. The number of nitrogens with zero attached hydrogens (tertiary/aromatic N) is 6. The van der Waals surface area contributed by atoms with Gasteiger partial charge < -0.3 is 10.6 Å². The molecular formula is C26H36N10. The molecule has 2 aromatic heterocycles.